The summed E-state index contributed by atoms with van der Waals surface area (Å²) in [5.41, 5.74) is 8.61. The molecule has 0 spiro atoms. The largest absolute Gasteiger partial charge is 0.353 e. The summed E-state index contributed by atoms with van der Waals surface area (Å²) in [5.74, 6) is 0.0935. The van der Waals surface area contributed by atoms with Crippen LogP contribution in [0.1, 0.15) is 74.4 Å². The van der Waals surface area contributed by atoms with Crippen molar-refractivity contribution >= 4 is 11.8 Å². The summed E-state index contributed by atoms with van der Waals surface area (Å²) in [4.78, 5) is 27.2. The van der Waals surface area contributed by atoms with E-state index >= 15 is 0 Å². The second kappa shape index (κ2) is 8.87. The van der Waals surface area contributed by atoms with E-state index in [2.05, 4.69) is 15.5 Å². The maximum absolute atomic E-state index is 12.8. The highest BCUT2D eigenvalue weighted by Crippen LogP contribution is 2.24. The number of rotatable bonds is 4. The molecule has 27 heavy (non-hydrogen) atoms. The van der Waals surface area contributed by atoms with Gasteiger partial charge >= 0.3 is 0 Å². The number of carbonyl (C=O) groups is 2. The van der Waals surface area contributed by atoms with Crippen LogP contribution in [0.15, 0.2) is 0 Å². The van der Waals surface area contributed by atoms with Crippen molar-refractivity contribution in [1.82, 2.24) is 20.4 Å². The summed E-state index contributed by atoms with van der Waals surface area (Å²) in [7, 11) is 0. The van der Waals surface area contributed by atoms with E-state index < -0.39 is 6.04 Å². The maximum atomic E-state index is 12.8. The van der Waals surface area contributed by atoms with Crippen molar-refractivity contribution in [2.75, 3.05) is 13.1 Å². The Balaban J connectivity index is 1.50. The van der Waals surface area contributed by atoms with Gasteiger partial charge in [0.2, 0.25) is 11.8 Å². The number of piperidine rings is 1. The Labute approximate surface area is 161 Å². The summed E-state index contributed by atoms with van der Waals surface area (Å²) in [6.07, 6.45) is 8.60. The third kappa shape index (κ3) is 4.69. The molecule has 1 aromatic rings. The molecular weight excluding hydrogens is 342 g/mol. The third-order valence-corrected chi connectivity index (χ3v) is 6.14. The summed E-state index contributed by atoms with van der Waals surface area (Å²) in [5, 5.41) is 10.3. The number of hydrogen-bond donors (Lipinski definition) is 3. The molecule has 0 bridgehead atoms. The summed E-state index contributed by atoms with van der Waals surface area (Å²) in [6.45, 7) is 4.92. The molecule has 1 saturated carbocycles. The van der Waals surface area contributed by atoms with Gasteiger partial charge in [0, 0.05) is 36.3 Å². The molecule has 2 heterocycles. The van der Waals surface area contributed by atoms with Crippen molar-refractivity contribution in [3.8, 4) is 0 Å². The van der Waals surface area contributed by atoms with Crippen molar-refractivity contribution in [3.63, 3.8) is 0 Å². The molecule has 0 aromatic carbocycles. The van der Waals surface area contributed by atoms with Crippen LogP contribution in [-0.2, 0) is 9.59 Å². The number of hydrogen-bond acceptors (Lipinski definition) is 4. The van der Waals surface area contributed by atoms with E-state index in [-0.39, 0.29) is 17.7 Å². The average molecular weight is 376 g/mol. The number of nitrogens with zero attached hydrogens (tertiary/aromatic N) is 2. The number of H-pyrrole nitrogens is 1. The SMILES string of the molecule is Cc1n[nH]c(C)c1[C@@H](N)C(=O)N1CCC(C(=O)NC2CCCCCC2)CC1. The van der Waals surface area contributed by atoms with Gasteiger partial charge in [0.1, 0.15) is 6.04 Å². The van der Waals surface area contributed by atoms with E-state index in [0.717, 1.165) is 29.8 Å². The van der Waals surface area contributed by atoms with Crippen LogP contribution in [0.25, 0.3) is 0 Å². The molecule has 150 valence electrons. The first-order valence-electron chi connectivity index (χ1n) is 10.3. The number of carbonyl (C=O) groups excluding carboxylic acids is 2. The Morgan fingerprint density at radius 2 is 1.74 bits per heavy atom. The van der Waals surface area contributed by atoms with Gasteiger partial charge in [-0.25, -0.2) is 0 Å². The molecule has 4 N–H and O–H groups in total. The van der Waals surface area contributed by atoms with Crippen LogP contribution in [0.2, 0.25) is 0 Å². The molecule has 7 heteroatoms. The average Bonchev–Trinajstić information content (AvgIpc) is 2.86. The molecule has 2 fully saturated rings. The molecule has 3 rings (SSSR count). The van der Waals surface area contributed by atoms with Crippen molar-refractivity contribution in [1.29, 1.82) is 0 Å². The number of aromatic amines is 1. The van der Waals surface area contributed by atoms with Gasteiger partial charge in [0.05, 0.1) is 5.69 Å². The third-order valence-electron chi connectivity index (χ3n) is 6.14. The highest BCUT2D eigenvalue weighted by atomic mass is 16.2. The quantitative estimate of drug-likeness (QED) is 0.701. The Hall–Kier alpha value is -1.89. The van der Waals surface area contributed by atoms with Crippen LogP contribution in [0.3, 0.4) is 0 Å². The van der Waals surface area contributed by atoms with E-state index in [1.807, 2.05) is 13.8 Å². The van der Waals surface area contributed by atoms with Crippen LogP contribution in [0, 0.1) is 19.8 Å². The van der Waals surface area contributed by atoms with E-state index in [4.69, 9.17) is 5.73 Å². The predicted octanol–water partition coefficient (Wildman–Crippen LogP) is 2.10. The fraction of sp³-hybridized carbons (Fsp3) is 0.750. The summed E-state index contributed by atoms with van der Waals surface area (Å²) >= 11 is 0. The molecule has 1 saturated heterocycles. The van der Waals surface area contributed by atoms with Crippen LogP contribution in [0.5, 0.6) is 0 Å². The Morgan fingerprint density at radius 3 is 2.30 bits per heavy atom. The lowest BCUT2D eigenvalue weighted by Gasteiger charge is -2.33. The van der Waals surface area contributed by atoms with Gasteiger partial charge in [-0.05, 0) is 39.5 Å². The van der Waals surface area contributed by atoms with Crippen LogP contribution < -0.4 is 11.1 Å². The number of nitrogens with two attached hydrogens (primary N) is 1. The van der Waals surface area contributed by atoms with E-state index in [9.17, 15) is 9.59 Å². The first-order valence-corrected chi connectivity index (χ1v) is 10.3. The zero-order chi connectivity index (χ0) is 19.4. The predicted molar refractivity (Wildman–Crippen MR) is 104 cm³/mol. The van der Waals surface area contributed by atoms with Gasteiger partial charge in [0.25, 0.3) is 0 Å². The lowest BCUT2D eigenvalue weighted by Crippen LogP contribution is -2.47. The van der Waals surface area contributed by atoms with E-state index in [1.54, 1.807) is 4.90 Å². The number of amides is 2. The number of aromatic nitrogens is 2. The Bertz CT molecular complexity index is 636. The van der Waals surface area contributed by atoms with Crippen molar-refractivity contribution < 1.29 is 9.59 Å². The highest BCUT2D eigenvalue weighted by molar-refractivity contribution is 5.84. The zero-order valence-electron chi connectivity index (χ0n) is 16.6. The van der Waals surface area contributed by atoms with Gasteiger partial charge in [-0.1, -0.05) is 25.7 Å². The number of likely N-dealkylation sites (tertiary alicyclic amines) is 1. The van der Waals surface area contributed by atoms with Crippen molar-refractivity contribution in [2.45, 2.75) is 77.3 Å². The standard InChI is InChI=1S/C20H33N5O2/c1-13-17(14(2)24-23-13)18(21)20(27)25-11-9-15(10-12-25)19(26)22-16-7-5-3-4-6-8-16/h15-16,18H,3-12,21H2,1-2H3,(H,22,26)(H,23,24)/t18-/m1/s1. The van der Waals surface area contributed by atoms with Gasteiger partial charge in [-0.3, -0.25) is 14.7 Å². The molecule has 1 atom stereocenters. The van der Waals surface area contributed by atoms with Crippen molar-refractivity contribution in [3.05, 3.63) is 17.0 Å². The second-order valence-corrected chi connectivity index (χ2v) is 8.12. The molecule has 7 nitrogen and oxygen atoms in total. The van der Waals surface area contributed by atoms with Gasteiger partial charge in [-0.2, -0.15) is 5.10 Å². The molecule has 1 aromatic heterocycles. The Morgan fingerprint density at radius 1 is 1.11 bits per heavy atom. The normalized spacial score (nSPS) is 20.9. The molecule has 0 unspecified atom stereocenters. The minimum Gasteiger partial charge on any atom is -0.353 e. The lowest BCUT2D eigenvalue weighted by molar-refractivity contribution is -0.137. The van der Waals surface area contributed by atoms with Crippen molar-refractivity contribution in [2.24, 2.45) is 11.7 Å². The number of nitrogens with one attached hydrogen (secondary N) is 2. The molecule has 1 aliphatic heterocycles. The fourth-order valence-electron chi connectivity index (χ4n) is 4.44. The second-order valence-electron chi connectivity index (χ2n) is 8.12. The van der Waals surface area contributed by atoms with E-state index in [0.29, 0.717) is 32.0 Å². The fourth-order valence-corrected chi connectivity index (χ4v) is 4.44. The van der Waals surface area contributed by atoms with Crippen LogP contribution in [-0.4, -0.2) is 46.0 Å². The maximum Gasteiger partial charge on any atom is 0.244 e. The summed E-state index contributed by atoms with van der Waals surface area (Å²) in [6, 6.07) is -0.361. The molecular formula is C20H33N5O2. The lowest BCUT2D eigenvalue weighted by atomic mass is 9.94. The molecule has 2 amide bonds. The van der Waals surface area contributed by atoms with E-state index in [1.165, 1.54) is 25.7 Å². The smallest absolute Gasteiger partial charge is 0.244 e. The van der Waals surface area contributed by atoms with Gasteiger partial charge in [-0.15, -0.1) is 0 Å². The molecule has 1 aliphatic carbocycles. The number of aryl methyl sites for hydroxylation is 2. The van der Waals surface area contributed by atoms with Crippen LogP contribution >= 0.6 is 0 Å². The molecule has 2 aliphatic rings. The topological polar surface area (TPSA) is 104 Å². The van der Waals surface area contributed by atoms with Gasteiger partial charge < -0.3 is 16.0 Å². The zero-order valence-corrected chi connectivity index (χ0v) is 16.6. The highest BCUT2D eigenvalue weighted by Gasteiger charge is 2.32. The van der Waals surface area contributed by atoms with Gasteiger partial charge in [0.15, 0.2) is 0 Å². The minimum atomic E-state index is -0.694. The minimum absolute atomic E-state index is 0.00549. The Kier molecular flexibility index (Phi) is 6.52. The first kappa shape index (κ1) is 19.9. The monoisotopic (exact) mass is 375 g/mol. The van der Waals surface area contributed by atoms with Crippen LogP contribution in [0.4, 0.5) is 0 Å². The first-order chi connectivity index (χ1) is 13.0. The molecule has 0 radical (unpaired) electrons. The summed E-state index contributed by atoms with van der Waals surface area (Å²) < 4.78 is 0.